The maximum Gasteiger partial charge on any atom is 0.102 e. The maximum atomic E-state index is 9.87. The molecular weight excluding hydrogens is 274 g/mol. The van der Waals surface area contributed by atoms with Gasteiger partial charge in [0, 0.05) is 19.0 Å². The van der Waals surface area contributed by atoms with Crippen molar-refractivity contribution in [3.05, 3.63) is 0 Å². The van der Waals surface area contributed by atoms with Gasteiger partial charge in [-0.2, -0.15) is 0 Å². The van der Waals surface area contributed by atoms with Gasteiger partial charge in [0.1, 0.15) is 13.1 Å². The van der Waals surface area contributed by atoms with Gasteiger partial charge in [-0.05, 0) is 13.3 Å². The van der Waals surface area contributed by atoms with Gasteiger partial charge in [-0.1, -0.05) is 6.92 Å². The molecule has 1 heterocycles. The number of carboxylic acid groups (broad SMARTS) is 1. The predicted octanol–water partition coefficient (Wildman–Crippen LogP) is 0.0527. The van der Waals surface area contributed by atoms with Crippen molar-refractivity contribution in [1.29, 1.82) is 0 Å². The number of hydrogen-bond donors (Lipinski definition) is 0. The Morgan fingerprint density at radius 2 is 1.76 bits per heavy atom. The number of rotatable bonds is 9. The molecule has 0 aliphatic carbocycles. The lowest BCUT2D eigenvalue weighted by Gasteiger charge is -2.37. The zero-order valence-electron chi connectivity index (χ0n) is 13.8. The van der Waals surface area contributed by atoms with Gasteiger partial charge in [0.05, 0.1) is 46.6 Å². The summed E-state index contributed by atoms with van der Waals surface area (Å²) in [6.07, 6.45) is 1.24. The lowest BCUT2D eigenvalue weighted by Crippen LogP contribution is -2.52. The summed E-state index contributed by atoms with van der Waals surface area (Å²) in [7, 11) is 2.33. The van der Waals surface area contributed by atoms with Crippen molar-refractivity contribution in [2.45, 2.75) is 26.7 Å². The third-order valence-electron chi connectivity index (χ3n) is 3.34. The average molecular weight is 305 g/mol. The highest BCUT2D eigenvalue weighted by atomic mass is 16.5. The number of nitrogens with zero attached hydrogens (tertiary/aromatic N) is 1. The normalized spacial score (nSPS) is 16.9. The highest BCUT2D eigenvalue weighted by Gasteiger charge is 2.23. The van der Waals surface area contributed by atoms with Crippen LogP contribution in [0.1, 0.15) is 26.7 Å². The molecule has 0 radical (unpaired) electrons. The molecule has 0 amide bonds. The summed E-state index contributed by atoms with van der Waals surface area (Å²) in [4.78, 5) is 9.87. The second kappa shape index (κ2) is 13.0. The zero-order valence-corrected chi connectivity index (χ0v) is 13.8. The molecule has 0 spiro atoms. The molecule has 6 heteroatoms. The van der Waals surface area contributed by atoms with Crippen LogP contribution in [0.25, 0.3) is 0 Å². The van der Waals surface area contributed by atoms with E-state index < -0.39 is 5.97 Å². The molecule has 1 aliphatic heterocycles. The van der Waals surface area contributed by atoms with Crippen LogP contribution in [0.3, 0.4) is 0 Å². The number of carbonyl (C=O) groups excluding carboxylic acids is 1. The molecule has 21 heavy (non-hydrogen) atoms. The highest BCUT2D eigenvalue weighted by Crippen LogP contribution is 2.07. The minimum Gasteiger partial charge on any atom is -0.550 e. The summed E-state index contributed by atoms with van der Waals surface area (Å²) in [6, 6.07) is 0. The van der Waals surface area contributed by atoms with Gasteiger partial charge in [-0.3, -0.25) is 0 Å². The highest BCUT2D eigenvalue weighted by molar-refractivity contribution is 5.64. The molecule has 1 rings (SSSR count). The Labute approximate surface area is 128 Å². The summed E-state index contributed by atoms with van der Waals surface area (Å²) in [5.74, 6) is -1.08. The fourth-order valence-electron chi connectivity index (χ4n) is 2.07. The minimum atomic E-state index is -1.08. The molecule has 0 bridgehead atoms. The Morgan fingerprint density at radius 3 is 2.29 bits per heavy atom. The summed E-state index contributed by atoms with van der Waals surface area (Å²) in [5.41, 5.74) is 0. The van der Waals surface area contributed by atoms with E-state index in [1.165, 1.54) is 30.5 Å². The van der Waals surface area contributed by atoms with Crippen LogP contribution in [0.5, 0.6) is 0 Å². The second-order valence-electron chi connectivity index (χ2n) is 5.33. The third-order valence-corrected chi connectivity index (χ3v) is 3.34. The molecule has 6 nitrogen and oxygen atoms in total. The molecule has 0 N–H and O–H groups in total. The topological polar surface area (TPSA) is 67.8 Å². The second-order valence-corrected chi connectivity index (χ2v) is 5.33. The molecule has 126 valence electrons. The molecule has 0 aromatic carbocycles. The molecule has 1 fully saturated rings. The van der Waals surface area contributed by atoms with Gasteiger partial charge < -0.3 is 28.6 Å². The average Bonchev–Trinajstić information content (AvgIpc) is 2.44. The van der Waals surface area contributed by atoms with Crippen molar-refractivity contribution < 1.29 is 28.6 Å². The van der Waals surface area contributed by atoms with Gasteiger partial charge in [-0.15, -0.1) is 0 Å². The molecule has 0 aromatic rings. The number of carboxylic acids is 1. The molecule has 0 aromatic heterocycles. The Hall–Kier alpha value is -0.690. The van der Waals surface area contributed by atoms with Gasteiger partial charge >= 0.3 is 0 Å². The standard InChI is InChI=1S/C8H18NO.C7H14O4/c1-3-4-9(2)5-7-10-8-6-9;1-2-10-5-6-11-4-3-7(8)9/h3-8H2,1-2H3;2-6H2,1H3,(H,8,9)/q+1;/p-1. The van der Waals surface area contributed by atoms with Crippen LogP contribution >= 0.6 is 0 Å². The summed E-state index contributed by atoms with van der Waals surface area (Å²) in [5, 5.41) is 9.87. The lowest BCUT2D eigenvalue weighted by molar-refractivity contribution is -0.916. The van der Waals surface area contributed by atoms with Gasteiger partial charge in [0.25, 0.3) is 0 Å². The summed E-state index contributed by atoms with van der Waals surface area (Å²) in [6.45, 7) is 11.6. The Kier molecular flexibility index (Phi) is 12.6. The van der Waals surface area contributed by atoms with Crippen LogP contribution < -0.4 is 5.11 Å². The van der Waals surface area contributed by atoms with Gasteiger partial charge in [0.2, 0.25) is 0 Å². The maximum absolute atomic E-state index is 9.87. The van der Waals surface area contributed by atoms with E-state index in [9.17, 15) is 9.90 Å². The molecular formula is C15H31NO5. The van der Waals surface area contributed by atoms with Crippen LogP contribution in [-0.2, 0) is 19.0 Å². The van der Waals surface area contributed by atoms with Crippen LogP contribution in [-0.4, -0.2) is 76.8 Å². The van der Waals surface area contributed by atoms with Crippen molar-refractivity contribution in [2.75, 3.05) is 66.3 Å². The number of likely N-dealkylation sites (N-methyl/N-ethyl adjacent to an activating group) is 1. The van der Waals surface area contributed by atoms with Crippen LogP contribution in [0.4, 0.5) is 0 Å². The van der Waals surface area contributed by atoms with E-state index >= 15 is 0 Å². The first-order valence-electron chi connectivity index (χ1n) is 7.80. The third kappa shape index (κ3) is 12.7. The SMILES string of the molecule is CCC[N+]1(C)CCOCC1.CCOCCOCCC(=O)[O-]. The molecule has 0 saturated carbocycles. The number of quaternary nitrogens is 1. The van der Waals surface area contributed by atoms with Gasteiger partial charge in [-0.25, -0.2) is 0 Å². The monoisotopic (exact) mass is 305 g/mol. The molecule has 1 saturated heterocycles. The number of ether oxygens (including phenoxy) is 3. The van der Waals surface area contributed by atoms with Crippen molar-refractivity contribution in [3.63, 3.8) is 0 Å². The van der Waals surface area contributed by atoms with Crippen LogP contribution in [0.15, 0.2) is 0 Å². The number of carbonyl (C=O) groups is 1. The Balaban J connectivity index is 0.000000382. The first-order valence-corrected chi connectivity index (χ1v) is 7.80. The summed E-state index contributed by atoms with van der Waals surface area (Å²) >= 11 is 0. The zero-order chi connectivity index (χ0) is 16.0. The van der Waals surface area contributed by atoms with E-state index in [0.29, 0.717) is 19.8 Å². The smallest absolute Gasteiger partial charge is 0.102 e. The van der Waals surface area contributed by atoms with E-state index in [1.54, 1.807) is 0 Å². The minimum absolute atomic E-state index is 0.0495. The fraction of sp³-hybridized carbons (Fsp3) is 0.933. The predicted molar refractivity (Wildman–Crippen MR) is 78.8 cm³/mol. The van der Waals surface area contributed by atoms with E-state index in [4.69, 9.17) is 14.2 Å². The number of hydrogen-bond acceptors (Lipinski definition) is 5. The van der Waals surface area contributed by atoms with Gasteiger partial charge in [0.15, 0.2) is 0 Å². The van der Waals surface area contributed by atoms with Crippen molar-refractivity contribution in [3.8, 4) is 0 Å². The van der Waals surface area contributed by atoms with Crippen molar-refractivity contribution in [1.82, 2.24) is 0 Å². The molecule has 1 aliphatic rings. The van der Waals surface area contributed by atoms with E-state index in [-0.39, 0.29) is 13.0 Å². The molecule has 0 atom stereocenters. The quantitative estimate of drug-likeness (QED) is 0.445. The number of morpholine rings is 1. The Bertz CT molecular complexity index is 249. The largest absolute Gasteiger partial charge is 0.550 e. The first kappa shape index (κ1) is 20.3. The van der Waals surface area contributed by atoms with Crippen molar-refractivity contribution in [2.24, 2.45) is 0 Å². The van der Waals surface area contributed by atoms with E-state index in [1.807, 2.05) is 6.92 Å². The summed E-state index contributed by atoms with van der Waals surface area (Å²) < 4.78 is 16.4. The van der Waals surface area contributed by atoms with E-state index in [2.05, 4.69) is 14.0 Å². The van der Waals surface area contributed by atoms with E-state index in [0.717, 1.165) is 13.2 Å². The molecule has 0 unspecified atom stereocenters. The van der Waals surface area contributed by atoms with Crippen LogP contribution in [0, 0.1) is 0 Å². The Morgan fingerprint density at radius 1 is 1.14 bits per heavy atom. The lowest BCUT2D eigenvalue weighted by atomic mass is 10.3. The first-order chi connectivity index (χ1) is 10.0. The fourth-order valence-corrected chi connectivity index (χ4v) is 2.07. The van der Waals surface area contributed by atoms with Crippen molar-refractivity contribution >= 4 is 5.97 Å². The van der Waals surface area contributed by atoms with Crippen LogP contribution in [0.2, 0.25) is 0 Å². The number of aliphatic carboxylic acids is 1.